The van der Waals surface area contributed by atoms with Crippen LogP contribution >= 0.6 is 12.4 Å². The molecule has 1 saturated heterocycles. The maximum atomic E-state index is 5.43. The largest absolute Gasteiger partial charge is 0.339 e. The van der Waals surface area contributed by atoms with E-state index in [1.807, 2.05) is 36.7 Å². The quantitative estimate of drug-likeness (QED) is 0.722. The Hall–Kier alpha value is -2.25. The predicted molar refractivity (Wildman–Crippen MR) is 105 cm³/mol. The summed E-state index contributed by atoms with van der Waals surface area (Å²) in [6.07, 6.45) is 6.19. The Morgan fingerprint density at radius 3 is 2.70 bits per heavy atom. The van der Waals surface area contributed by atoms with Crippen LogP contribution in [0.25, 0.3) is 17.2 Å². The molecule has 3 aromatic heterocycles. The van der Waals surface area contributed by atoms with E-state index in [0.29, 0.717) is 11.7 Å². The van der Waals surface area contributed by atoms with Gasteiger partial charge < -0.3 is 9.84 Å². The summed E-state index contributed by atoms with van der Waals surface area (Å²) in [6.45, 7) is 6.23. The molecule has 0 unspecified atom stereocenters. The second kappa shape index (κ2) is 8.63. The van der Waals surface area contributed by atoms with Gasteiger partial charge in [-0.3, -0.25) is 0 Å². The van der Waals surface area contributed by atoms with E-state index in [1.165, 1.54) is 12.8 Å². The van der Waals surface area contributed by atoms with E-state index in [9.17, 15) is 0 Å². The van der Waals surface area contributed by atoms with Crippen LogP contribution in [0, 0.1) is 19.8 Å². The summed E-state index contributed by atoms with van der Waals surface area (Å²) >= 11 is 0. The second-order valence-electron chi connectivity index (χ2n) is 6.99. The molecule has 0 aromatic carbocycles. The lowest BCUT2D eigenvalue weighted by molar-refractivity contribution is 0.324. The van der Waals surface area contributed by atoms with Crippen molar-refractivity contribution >= 4 is 12.4 Å². The molecule has 0 bridgehead atoms. The number of hydrogen-bond donors (Lipinski definition) is 1. The first kappa shape index (κ1) is 19.5. The van der Waals surface area contributed by atoms with E-state index in [2.05, 4.69) is 25.5 Å². The van der Waals surface area contributed by atoms with E-state index in [4.69, 9.17) is 4.52 Å². The number of nitrogens with one attached hydrogen (secondary N) is 1. The molecule has 0 spiro atoms. The zero-order chi connectivity index (χ0) is 17.9. The Kier molecular flexibility index (Phi) is 6.23. The van der Waals surface area contributed by atoms with Gasteiger partial charge in [0.1, 0.15) is 0 Å². The van der Waals surface area contributed by atoms with Crippen molar-refractivity contribution in [2.75, 3.05) is 13.1 Å². The summed E-state index contributed by atoms with van der Waals surface area (Å²) in [5.74, 6) is 2.85. The second-order valence-corrected chi connectivity index (χ2v) is 6.99. The van der Waals surface area contributed by atoms with Crippen LogP contribution in [0.5, 0.6) is 0 Å². The lowest BCUT2D eigenvalue weighted by atomic mass is 9.93. The molecule has 0 atom stereocenters. The van der Waals surface area contributed by atoms with Gasteiger partial charge in [-0.15, -0.1) is 12.4 Å². The molecular weight excluding hydrogens is 364 g/mol. The van der Waals surface area contributed by atoms with Gasteiger partial charge in [-0.2, -0.15) is 10.1 Å². The monoisotopic (exact) mass is 388 g/mol. The molecule has 0 aliphatic carbocycles. The van der Waals surface area contributed by atoms with Gasteiger partial charge in [-0.1, -0.05) is 5.16 Å². The van der Waals surface area contributed by atoms with Gasteiger partial charge in [-0.25, -0.2) is 9.67 Å². The lowest BCUT2D eigenvalue weighted by Crippen LogP contribution is -2.27. The average Bonchev–Trinajstić information content (AvgIpc) is 3.27. The minimum Gasteiger partial charge on any atom is -0.339 e. The SMILES string of the molecule is Cc1cc(C)n(-c2ccc(-c3noc(CCC4CCNCC4)n3)cn2)n1.Cl. The van der Waals surface area contributed by atoms with Crippen LogP contribution in [0.2, 0.25) is 0 Å². The maximum Gasteiger partial charge on any atom is 0.226 e. The molecule has 27 heavy (non-hydrogen) atoms. The highest BCUT2D eigenvalue weighted by Gasteiger charge is 2.16. The molecule has 0 saturated carbocycles. The van der Waals surface area contributed by atoms with Crippen LogP contribution in [0.3, 0.4) is 0 Å². The molecular formula is C19H25ClN6O. The molecule has 1 aliphatic rings. The van der Waals surface area contributed by atoms with E-state index < -0.39 is 0 Å². The van der Waals surface area contributed by atoms with Crippen LogP contribution < -0.4 is 5.32 Å². The first-order chi connectivity index (χ1) is 12.7. The summed E-state index contributed by atoms with van der Waals surface area (Å²) in [5, 5.41) is 12.0. The minimum atomic E-state index is 0. The molecule has 0 amide bonds. The van der Waals surface area contributed by atoms with Gasteiger partial charge >= 0.3 is 0 Å². The number of aryl methyl sites for hydroxylation is 3. The molecule has 1 N–H and O–H groups in total. The van der Waals surface area contributed by atoms with Gasteiger partial charge in [0.25, 0.3) is 0 Å². The van der Waals surface area contributed by atoms with E-state index in [0.717, 1.165) is 54.6 Å². The zero-order valence-corrected chi connectivity index (χ0v) is 16.5. The fraction of sp³-hybridized carbons (Fsp3) is 0.474. The van der Waals surface area contributed by atoms with Crippen LogP contribution in [0.4, 0.5) is 0 Å². The Balaban J connectivity index is 0.00000210. The normalized spacial score (nSPS) is 14.9. The van der Waals surface area contributed by atoms with E-state index in [-0.39, 0.29) is 12.4 Å². The van der Waals surface area contributed by atoms with Gasteiger partial charge in [-0.05, 0) is 70.3 Å². The van der Waals surface area contributed by atoms with Crippen molar-refractivity contribution in [3.63, 3.8) is 0 Å². The fourth-order valence-electron chi connectivity index (χ4n) is 3.48. The summed E-state index contributed by atoms with van der Waals surface area (Å²) in [4.78, 5) is 9.03. The average molecular weight is 389 g/mol. The lowest BCUT2D eigenvalue weighted by Gasteiger charge is -2.21. The number of halogens is 1. The summed E-state index contributed by atoms with van der Waals surface area (Å²) < 4.78 is 7.26. The van der Waals surface area contributed by atoms with Crippen LogP contribution in [0.1, 0.15) is 36.5 Å². The van der Waals surface area contributed by atoms with Gasteiger partial charge in [0.2, 0.25) is 11.7 Å². The molecule has 1 aliphatic heterocycles. The Bertz CT molecular complexity index is 867. The highest BCUT2D eigenvalue weighted by Crippen LogP contribution is 2.21. The van der Waals surface area contributed by atoms with Crippen molar-refractivity contribution in [2.45, 2.75) is 39.5 Å². The first-order valence-corrected chi connectivity index (χ1v) is 9.22. The molecule has 1 fully saturated rings. The van der Waals surface area contributed by atoms with Crippen molar-refractivity contribution in [3.8, 4) is 17.2 Å². The van der Waals surface area contributed by atoms with Crippen LogP contribution in [0.15, 0.2) is 28.9 Å². The number of nitrogens with zero attached hydrogens (tertiary/aromatic N) is 5. The Labute approximate surface area is 165 Å². The zero-order valence-electron chi connectivity index (χ0n) is 15.7. The Morgan fingerprint density at radius 1 is 1.22 bits per heavy atom. The predicted octanol–water partition coefficient (Wildman–Crippen LogP) is 3.29. The third-order valence-electron chi connectivity index (χ3n) is 4.93. The molecule has 4 rings (SSSR count). The molecule has 0 radical (unpaired) electrons. The number of rotatable bonds is 5. The van der Waals surface area contributed by atoms with Crippen molar-refractivity contribution in [1.29, 1.82) is 0 Å². The van der Waals surface area contributed by atoms with Crippen LogP contribution in [-0.4, -0.2) is 38.0 Å². The molecule has 144 valence electrons. The molecule has 7 nitrogen and oxygen atoms in total. The highest BCUT2D eigenvalue weighted by molar-refractivity contribution is 5.85. The van der Waals surface area contributed by atoms with Crippen molar-refractivity contribution in [3.05, 3.63) is 41.7 Å². The number of hydrogen-bond acceptors (Lipinski definition) is 6. The molecule has 8 heteroatoms. The number of aromatic nitrogens is 5. The third kappa shape index (κ3) is 4.54. The minimum absolute atomic E-state index is 0. The van der Waals surface area contributed by atoms with Crippen molar-refractivity contribution < 1.29 is 4.52 Å². The smallest absolute Gasteiger partial charge is 0.226 e. The third-order valence-corrected chi connectivity index (χ3v) is 4.93. The van der Waals surface area contributed by atoms with Crippen molar-refractivity contribution in [1.82, 2.24) is 30.2 Å². The van der Waals surface area contributed by atoms with Crippen LogP contribution in [-0.2, 0) is 6.42 Å². The first-order valence-electron chi connectivity index (χ1n) is 9.22. The summed E-state index contributed by atoms with van der Waals surface area (Å²) in [7, 11) is 0. The molecule has 3 aromatic rings. The summed E-state index contributed by atoms with van der Waals surface area (Å²) in [6, 6.07) is 5.92. The van der Waals surface area contributed by atoms with E-state index in [1.54, 1.807) is 6.20 Å². The number of pyridine rings is 1. The van der Waals surface area contributed by atoms with E-state index >= 15 is 0 Å². The maximum absolute atomic E-state index is 5.43. The highest BCUT2D eigenvalue weighted by atomic mass is 35.5. The number of piperidine rings is 1. The van der Waals surface area contributed by atoms with Crippen molar-refractivity contribution in [2.24, 2.45) is 5.92 Å². The van der Waals surface area contributed by atoms with Gasteiger partial charge in [0.15, 0.2) is 5.82 Å². The standard InChI is InChI=1S/C19H24N6O.ClH/c1-13-11-14(2)25(23-13)17-5-4-16(12-21-17)19-22-18(26-24-19)6-3-15-7-9-20-10-8-15;/h4-5,11-12,15,20H,3,6-10H2,1-2H3;1H. The van der Waals surface area contributed by atoms with Gasteiger partial charge in [0.05, 0.1) is 5.69 Å². The molecule has 4 heterocycles. The topological polar surface area (TPSA) is 81.7 Å². The Morgan fingerprint density at radius 2 is 2.04 bits per heavy atom. The summed E-state index contributed by atoms with van der Waals surface area (Å²) in [5.41, 5.74) is 2.89. The fourth-order valence-corrected chi connectivity index (χ4v) is 3.48. The van der Waals surface area contributed by atoms with Gasteiger partial charge in [0, 0.05) is 23.9 Å².